The van der Waals surface area contributed by atoms with Crippen molar-refractivity contribution >= 4 is 44.5 Å². The minimum Gasteiger partial charge on any atom is -0.477 e. The highest BCUT2D eigenvalue weighted by Crippen LogP contribution is 2.06. The van der Waals surface area contributed by atoms with Crippen LogP contribution in [0.3, 0.4) is 0 Å². The highest BCUT2D eigenvalue weighted by Gasteiger charge is 1.96. The first-order valence-corrected chi connectivity index (χ1v) is 3.37. The SMILES string of the molecule is O=C(O)/C(I)=C/Br. The average Bonchev–Trinajstić information content (AvgIpc) is 1.65. The topological polar surface area (TPSA) is 37.3 Å². The van der Waals surface area contributed by atoms with E-state index >= 15 is 0 Å². The first-order chi connectivity index (χ1) is 3.18. The number of rotatable bonds is 1. The normalized spacial score (nSPS) is 11.4. The lowest BCUT2D eigenvalue weighted by Crippen LogP contribution is -1.90. The Hall–Kier alpha value is 0.420. The summed E-state index contributed by atoms with van der Waals surface area (Å²) in [4.78, 5) is 11.2. The molecular weight excluding hydrogens is 275 g/mol. The molecule has 0 bridgehead atoms. The van der Waals surface area contributed by atoms with E-state index in [0.717, 1.165) is 0 Å². The third-order valence-corrected chi connectivity index (χ3v) is 2.39. The van der Waals surface area contributed by atoms with Crippen molar-refractivity contribution < 1.29 is 9.90 Å². The highest BCUT2D eigenvalue weighted by molar-refractivity contribution is 14.1. The van der Waals surface area contributed by atoms with Crippen LogP contribution in [0.4, 0.5) is 0 Å². The molecule has 0 rings (SSSR count). The fourth-order valence-corrected chi connectivity index (χ4v) is 0.243. The molecule has 0 aliphatic carbocycles. The van der Waals surface area contributed by atoms with Crippen LogP contribution in [0, 0.1) is 0 Å². The summed E-state index contributed by atoms with van der Waals surface area (Å²) in [6, 6.07) is 0. The molecule has 40 valence electrons. The van der Waals surface area contributed by atoms with Crippen LogP contribution < -0.4 is 0 Å². The Labute approximate surface area is 62.9 Å². The fourth-order valence-electron chi connectivity index (χ4n) is 0.0467. The van der Waals surface area contributed by atoms with Gasteiger partial charge in [0.15, 0.2) is 0 Å². The molecule has 4 heteroatoms. The molecule has 0 amide bonds. The number of hydrogen-bond acceptors (Lipinski definition) is 1. The maximum absolute atomic E-state index is 9.82. The zero-order valence-corrected chi connectivity index (χ0v) is 6.93. The highest BCUT2D eigenvalue weighted by atomic mass is 127. The molecule has 0 atom stereocenters. The minimum absolute atomic E-state index is 0.276. The van der Waals surface area contributed by atoms with Crippen molar-refractivity contribution in [3.8, 4) is 0 Å². The molecule has 0 aromatic rings. The molecule has 0 spiro atoms. The minimum atomic E-state index is -0.905. The van der Waals surface area contributed by atoms with Gasteiger partial charge < -0.3 is 5.11 Å². The molecular formula is C3H2BrIO2. The van der Waals surface area contributed by atoms with E-state index in [4.69, 9.17) is 5.11 Å². The second kappa shape index (κ2) is 3.43. The van der Waals surface area contributed by atoms with Crippen LogP contribution in [0.25, 0.3) is 0 Å². The Kier molecular flexibility index (Phi) is 3.63. The molecule has 0 saturated heterocycles. The van der Waals surface area contributed by atoms with Gasteiger partial charge in [-0.1, -0.05) is 15.9 Å². The summed E-state index contributed by atoms with van der Waals surface area (Å²) < 4.78 is 0.276. The van der Waals surface area contributed by atoms with Crippen molar-refractivity contribution in [3.63, 3.8) is 0 Å². The first-order valence-electron chi connectivity index (χ1n) is 1.37. The Morgan fingerprint density at radius 2 is 2.29 bits per heavy atom. The molecule has 0 radical (unpaired) electrons. The van der Waals surface area contributed by atoms with Gasteiger partial charge in [-0.2, -0.15) is 0 Å². The number of carbonyl (C=O) groups is 1. The molecule has 1 N–H and O–H groups in total. The lowest BCUT2D eigenvalue weighted by Gasteiger charge is -1.80. The van der Waals surface area contributed by atoms with E-state index in [0.29, 0.717) is 0 Å². The molecule has 0 fully saturated rings. The third-order valence-electron chi connectivity index (χ3n) is 0.300. The van der Waals surface area contributed by atoms with Crippen LogP contribution in [0.5, 0.6) is 0 Å². The molecule has 0 aliphatic rings. The van der Waals surface area contributed by atoms with E-state index in [1.807, 2.05) is 0 Å². The molecule has 0 aromatic carbocycles. The molecule has 0 heterocycles. The predicted molar refractivity (Wildman–Crippen MR) is 38.7 cm³/mol. The van der Waals surface area contributed by atoms with Crippen LogP contribution in [0.15, 0.2) is 8.57 Å². The second-order valence-electron chi connectivity index (χ2n) is 0.762. The Bertz CT molecular complexity index is 110. The summed E-state index contributed by atoms with van der Waals surface area (Å²) >= 11 is 4.58. The van der Waals surface area contributed by atoms with Gasteiger partial charge in [0.2, 0.25) is 0 Å². The first kappa shape index (κ1) is 7.42. The summed E-state index contributed by atoms with van der Waals surface area (Å²) in [5, 5.41) is 8.08. The summed E-state index contributed by atoms with van der Waals surface area (Å²) in [5.41, 5.74) is 0. The van der Waals surface area contributed by atoms with E-state index in [1.165, 1.54) is 4.99 Å². The van der Waals surface area contributed by atoms with Crippen molar-refractivity contribution in [1.82, 2.24) is 0 Å². The van der Waals surface area contributed by atoms with Gasteiger partial charge in [-0.05, 0) is 22.6 Å². The van der Waals surface area contributed by atoms with Crippen LogP contribution in [-0.4, -0.2) is 11.1 Å². The zero-order valence-electron chi connectivity index (χ0n) is 3.19. The predicted octanol–water partition coefficient (Wildman–Crippen LogP) is 1.74. The van der Waals surface area contributed by atoms with Crippen molar-refractivity contribution in [2.75, 3.05) is 0 Å². The Morgan fingerprint density at radius 3 is 2.29 bits per heavy atom. The van der Waals surface area contributed by atoms with Crippen LogP contribution in [-0.2, 0) is 4.79 Å². The van der Waals surface area contributed by atoms with E-state index in [2.05, 4.69) is 15.9 Å². The lowest BCUT2D eigenvalue weighted by atomic mass is 10.7. The van der Waals surface area contributed by atoms with Gasteiger partial charge in [0.25, 0.3) is 0 Å². The van der Waals surface area contributed by atoms with E-state index in [1.54, 1.807) is 22.6 Å². The standard InChI is InChI=1S/C3H2BrIO2/c4-1-2(5)3(6)7/h1H,(H,6,7)/b2-1-. The molecule has 0 saturated carbocycles. The zero-order chi connectivity index (χ0) is 5.86. The van der Waals surface area contributed by atoms with Crippen molar-refractivity contribution in [2.45, 2.75) is 0 Å². The maximum atomic E-state index is 9.82. The number of aliphatic carboxylic acids is 1. The monoisotopic (exact) mass is 276 g/mol. The number of carboxylic acid groups (broad SMARTS) is 1. The van der Waals surface area contributed by atoms with Crippen molar-refractivity contribution in [3.05, 3.63) is 8.57 Å². The average molecular weight is 277 g/mol. The van der Waals surface area contributed by atoms with Gasteiger partial charge in [-0.15, -0.1) is 0 Å². The summed E-state index contributed by atoms with van der Waals surface area (Å²) in [6.07, 6.45) is 0. The fraction of sp³-hybridized carbons (Fsp3) is 0. The lowest BCUT2D eigenvalue weighted by molar-refractivity contribution is -0.131. The molecule has 0 aliphatic heterocycles. The third kappa shape index (κ3) is 3.04. The number of carboxylic acids is 1. The second-order valence-corrected chi connectivity index (χ2v) is 2.38. The van der Waals surface area contributed by atoms with Gasteiger partial charge >= 0.3 is 5.97 Å². The van der Waals surface area contributed by atoms with Gasteiger partial charge in [0.05, 0.1) is 0 Å². The number of hydrogen-bond donors (Lipinski definition) is 1. The molecule has 7 heavy (non-hydrogen) atoms. The number of halogens is 2. The van der Waals surface area contributed by atoms with Crippen molar-refractivity contribution in [2.24, 2.45) is 0 Å². The van der Waals surface area contributed by atoms with Gasteiger partial charge in [-0.3, -0.25) is 0 Å². The van der Waals surface area contributed by atoms with Crippen LogP contribution in [0.1, 0.15) is 0 Å². The Morgan fingerprint density at radius 1 is 1.86 bits per heavy atom. The quantitative estimate of drug-likeness (QED) is 0.585. The van der Waals surface area contributed by atoms with Gasteiger partial charge in [0, 0.05) is 4.99 Å². The van der Waals surface area contributed by atoms with Gasteiger partial charge in [0.1, 0.15) is 3.58 Å². The van der Waals surface area contributed by atoms with Crippen molar-refractivity contribution in [1.29, 1.82) is 0 Å². The smallest absolute Gasteiger partial charge is 0.342 e. The van der Waals surface area contributed by atoms with E-state index in [9.17, 15) is 4.79 Å². The molecule has 2 nitrogen and oxygen atoms in total. The summed E-state index contributed by atoms with van der Waals surface area (Å²) in [6.45, 7) is 0. The van der Waals surface area contributed by atoms with E-state index < -0.39 is 5.97 Å². The Balaban J connectivity index is 3.82. The maximum Gasteiger partial charge on any atom is 0.342 e. The van der Waals surface area contributed by atoms with Crippen LogP contribution >= 0.6 is 38.5 Å². The molecule has 0 unspecified atom stereocenters. The summed E-state index contributed by atoms with van der Waals surface area (Å²) in [7, 11) is 0. The largest absolute Gasteiger partial charge is 0.477 e. The van der Waals surface area contributed by atoms with E-state index in [-0.39, 0.29) is 3.58 Å². The van der Waals surface area contributed by atoms with Crippen LogP contribution in [0.2, 0.25) is 0 Å². The molecule has 0 aromatic heterocycles. The van der Waals surface area contributed by atoms with Gasteiger partial charge in [-0.25, -0.2) is 4.79 Å². The summed E-state index contributed by atoms with van der Waals surface area (Å²) in [5.74, 6) is -0.905.